The normalized spacial score (nSPS) is 11.3. The third kappa shape index (κ3) is 5.86. The fourth-order valence-corrected chi connectivity index (χ4v) is 2.83. The van der Waals surface area contributed by atoms with E-state index in [1.54, 1.807) is 12.1 Å². The molecule has 0 unspecified atom stereocenters. The molecule has 0 saturated carbocycles. The van der Waals surface area contributed by atoms with Crippen molar-refractivity contribution in [3.63, 3.8) is 0 Å². The van der Waals surface area contributed by atoms with Gasteiger partial charge in [-0.2, -0.15) is 5.10 Å². The molecule has 24 heavy (non-hydrogen) atoms. The lowest BCUT2D eigenvalue weighted by atomic mass is 10.1. The van der Waals surface area contributed by atoms with Crippen LogP contribution < -0.4 is 10.5 Å². The first-order valence-corrected chi connectivity index (χ1v) is 8.83. The molecule has 0 aliphatic heterocycles. The van der Waals surface area contributed by atoms with Crippen molar-refractivity contribution in [2.45, 2.75) is 26.2 Å². The first kappa shape index (κ1) is 18.3. The summed E-state index contributed by atoms with van der Waals surface area (Å²) in [6.45, 7) is 1.87. The molecule has 1 aromatic carbocycles. The van der Waals surface area contributed by atoms with E-state index in [1.165, 1.54) is 11.3 Å². The Morgan fingerprint density at radius 2 is 2.00 bits per heavy atom. The molecule has 0 saturated heterocycles. The van der Waals surface area contributed by atoms with Crippen LogP contribution in [0.4, 0.5) is 0 Å². The fraction of sp³-hybridized carbons (Fsp3) is 0.250. The molecule has 2 rings (SSSR count). The fourth-order valence-electron chi connectivity index (χ4n) is 1.95. The average Bonchev–Trinajstić information content (AvgIpc) is 2.93. The van der Waals surface area contributed by atoms with Crippen molar-refractivity contribution in [2.75, 3.05) is 0 Å². The number of aromatic nitrogens is 1. The van der Waals surface area contributed by atoms with Crippen molar-refractivity contribution in [2.24, 2.45) is 5.10 Å². The maximum atomic E-state index is 12.0. The Kier molecular flexibility index (Phi) is 6.62. The second kappa shape index (κ2) is 8.70. The number of hydrazone groups is 1. The summed E-state index contributed by atoms with van der Waals surface area (Å²) in [6.07, 6.45) is 0.123. The van der Waals surface area contributed by atoms with Gasteiger partial charge in [0.1, 0.15) is 0 Å². The monoisotopic (exact) mass is 408 g/mol. The summed E-state index contributed by atoms with van der Waals surface area (Å²) in [4.78, 5) is 26.9. The number of aliphatic carboxylic acids is 1. The molecule has 1 N–H and O–H groups in total. The summed E-state index contributed by atoms with van der Waals surface area (Å²) in [5.74, 6) is -1.47. The number of carboxylic acid groups (broad SMARTS) is 1. The van der Waals surface area contributed by atoms with Crippen LogP contribution in [0.5, 0.6) is 0 Å². The van der Waals surface area contributed by atoms with E-state index in [0.717, 1.165) is 15.0 Å². The van der Waals surface area contributed by atoms with Crippen LogP contribution in [0, 0.1) is 6.92 Å². The topological polar surface area (TPSA) is 94.5 Å². The molecule has 2 aromatic rings. The van der Waals surface area contributed by atoms with Crippen LogP contribution in [-0.4, -0.2) is 22.6 Å². The summed E-state index contributed by atoms with van der Waals surface area (Å²) in [5, 5.41) is 17.5. The zero-order chi connectivity index (χ0) is 17.5. The molecule has 126 valence electrons. The number of nitrogens with zero attached hydrogens (tertiary/aromatic N) is 2. The number of benzene rings is 1. The van der Waals surface area contributed by atoms with Crippen LogP contribution in [0.25, 0.3) is 0 Å². The van der Waals surface area contributed by atoms with Gasteiger partial charge in [0.2, 0.25) is 5.91 Å². The van der Waals surface area contributed by atoms with Gasteiger partial charge < -0.3 is 9.90 Å². The Labute approximate surface area is 151 Å². The number of carbonyl (C=O) groups is 2. The molecule has 0 aliphatic carbocycles. The van der Waals surface area contributed by atoms with Gasteiger partial charge in [0, 0.05) is 15.8 Å². The lowest BCUT2D eigenvalue weighted by Gasteiger charge is -2.08. The van der Waals surface area contributed by atoms with Crippen LogP contribution in [0.15, 0.2) is 39.2 Å². The number of amides is 1. The predicted octanol–water partition coefficient (Wildman–Crippen LogP) is 1.81. The minimum atomic E-state index is -1.16. The molecule has 0 spiro atoms. The van der Waals surface area contributed by atoms with E-state index in [1.807, 2.05) is 24.4 Å². The Morgan fingerprint density at radius 1 is 1.29 bits per heavy atom. The standard InChI is InChI=1S/C16H16BrN3O3S/c1-10-18-13(9-24-10)8-15(21)20-19-14(6-7-16(22)23)11-2-4-12(17)5-3-11/h2-5,9H,6-8H2,1H3,(H,20,21)(H,22,23)/p-1/b19-14-. The highest BCUT2D eigenvalue weighted by atomic mass is 79.9. The van der Waals surface area contributed by atoms with Crippen molar-refractivity contribution >= 4 is 44.9 Å². The maximum Gasteiger partial charge on any atom is 0.246 e. The molecular formula is C16H15BrN3O3S-. The number of carboxylic acids is 1. The van der Waals surface area contributed by atoms with E-state index >= 15 is 0 Å². The van der Waals surface area contributed by atoms with Crippen LogP contribution in [0.2, 0.25) is 0 Å². The smallest absolute Gasteiger partial charge is 0.246 e. The Hall–Kier alpha value is -2.06. The molecule has 1 amide bonds. The number of nitrogens with one attached hydrogen (secondary N) is 1. The Bertz CT molecular complexity index is 756. The summed E-state index contributed by atoms with van der Waals surface area (Å²) in [5.41, 5.74) is 4.37. The van der Waals surface area contributed by atoms with Crippen molar-refractivity contribution in [1.29, 1.82) is 0 Å². The molecule has 0 fully saturated rings. The molecule has 0 radical (unpaired) electrons. The van der Waals surface area contributed by atoms with E-state index in [4.69, 9.17) is 0 Å². The van der Waals surface area contributed by atoms with E-state index < -0.39 is 5.97 Å². The van der Waals surface area contributed by atoms with Crippen molar-refractivity contribution < 1.29 is 14.7 Å². The third-order valence-electron chi connectivity index (χ3n) is 3.07. The quantitative estimate of drug-likeness (QED) is 0.558. The minimum Gasteiger partial charge on any atom is -0.550 e. The number of rotatable bonds is 7. The van der Waals surface area contributed by atoms with Gasteiger partial charge in [-0.1, -0.05) is 28.1 Å². The predicted molar refractivity (Wildman–Crippen MR) is 93.6 cm³/mol. The first-order valence-electron chi connectivity index (χ1n) is 7.16. The largest absolute Gasteiger partial charge is 0.550 e. The lowest BCUT2D eigenvalue weighted by Crippen LogP contribution is -2.25. The highest BCUT2D eigenvalue weighted by Gasteiger charge is 2.08. The number of hydrogen-bond donors (Lipinski definition) is 1. The van der Waals surface area contributed by atoms with Gasteiger partial charge in [0.05, 0.1) is 22.8 Å². The number of aryl methyl sites for hydroxylation is 1. The van der Waals surface area contributed by atoms with Crippen LogP contribution >= 0.6 is 27.3 Å². The third-order valence-corrected chi connectivity index (χ3v) is 4.42. The van der Waals surface area contributed by atoms with E-state index in [-0.39, 0.29) is 25.2 Å². The van der Waals surface area contributed by atoms with E-state index in [2.05, 4.69) is 31.4 Å². The lowest BCUT2D eigenvalue weighted by molar-refractivity contribution is -0.305. The number of halogens is 1. The number of carbonyl (C=O) groups excluding carboxylic acids is 2. The maximum absolute atomic E-state index is 12.0. The SMILES string of the molecule is Cc1nc(CC(=O)N/N=C(/CCC(=O)[O-])c2ccc(Br)cc2)cs1. The van der Waals surface area contributed by atoms with E-state index in [9.17, 15) is 14.7 Å². The zero-order valence-electron chi connectivity index (χ0n) is 12.9. The molecule has 0 aliphatic rings. The van der Waals surface area contributed by atoms with Crippen LogP contribution in [0.1, 0.15) is 29.1 Å². The second-order valence-corrected chi connectivity index (χ2v) is 6.98. The van der Waals surface area contributed by atoms with Crippen molar-refractivity contribution in [1.82, 2.24) is 10.4 Å². The van der Waals surface area contributed by atoms with E-state index in [0.29, 0.717) is 11.4 Å². The first-order chi connectivity index (χ1) is 11.4. The Balaban J connectivity index is 2.07. The Morgan fingerprint density at radius 3 is 2.58 bits per heavy atom. The molecule has 1 heterocycles. The summed E-state index contributed by atoms with van der Waals surface area (Å²) >= 11 is 4.82. The van der Waals surface area contributed by atoms with Crippen LogP contribution in [0.3, 0.4) is 0 Å². The van der Waals surface area contributed by atoms with Gasteiger partial charge in [-0.25, -0.2) is 10.4 Å². The summed E-state index contributed by atoms with van der Waals surface area (Å²) < 4.78 is 0.897. The van der Waals surface area contributed by atoms with Gasteiger partial charge >= 0.3 is 0 Å². The molecule has 1 aromatic heterocycles. The van der Waals surface area contributed by atoms with Gasteiger partial charge in [-0.3, -0.25) is 4.79 Å². The second-order valence-electron chi connectivity index (χ2n) is 5.01. The molecule has 6 nitrogen and oxygen atoms in total. The number of hydrogen-bond acceptors (Lipinski definition) is 6. The molecule has 0 atom stereocenters. The van der Waals surface area contributed by atoms with Crippen molar-refractivity contribution in [3.05, 3.63) is 50.4 Å². The average molecular weight is 409 g/mol. The highest BCUT2D eigenvalue weighted by Crippen LogP contribution is 2.13. The van der Waals surface area contributed by atoms with Crippen LogP contribution in [-0.2, 0) is 16.0 Å². The van der Waals surface area contributed by atoms with Gasteiger partial charge in [0.25, 0.3) is 0 Å². The number of thiazole rings is 1. The zero-order valence-corrected chi connectivity index (χ0v) is 15.3. The van der Waals surface area contributed by atoms with Crippen molar-refractivity contribution in [3.8, 4) is 0 Å². The molecule has 8 heteroatoms. The molecular weight excluding hydrogens is 394 g/mol. The van der Waals surface area contributed by atoms with Gasteiger partial charge in [0.15, 0.2) is 0 Å². The highest BCUT2D eigenvalue weighted by molar-refractivity contribution is 9.10. The van der Waals surface area contributed by atoms with Gasteiger partial charge in [-0.15, -0.1) is 11.3 Å². The minimum absolute atomic E-state index is 0.127. The summed E-state index contributed by atoms with van der Waals surface area (Å²) in [7, 11) is 0. The summed E-state index contributed by atoms with van der Waals surface area (Å²) in [6, 6.07) is 7.25. The van der Waals surface area contributed by atoms with Gasteiger partial charge in [-0.05, 0) is 37.5 Å². The molecule has 0 bridgehead atoms.